The molecule has 0 saturated carbocycles. The number of aromatic hydroxyl groups is 1. The van der Waals surface area contributed by atoms with Crippen molar-refractivity contribution in [1.82, 2.24) is 4.57 Å². The maximum atomic E-state index is 10.6. The number of aryl methyl sites for hydroxylation is 1. The van der Waals surface area contributed by atoms with E-state index in [2.05, 4.69) is 5.18 Å². The van der Waals surface area contributed by atoms with E-state index in [-0.39, 0.29) is 22.6 Å². The molecule has 0 bridgehead atoms. The molecule has 1 aromatic carbocycles. The van der Waals surface area contributed by atoms with Gasteiger partial charge in [0.25, 0.3) is 5.69 Å². The highest BCUT2D eigenvalue weighted by Crippen LogP contribution is 2.38. The van der Waals surface area contributed by atoms with Gasteiger partial charge in [0.05, 0.1) is 10.4 Å². The molecule has 0 amide bonds. The smallest absolute Gasteiger partial charge is 0.270 e. The fourth-order valence-corrected chi connectivity index (χ4v) is 1.60. The number of hydrogen-bond donors (Lipinski definition) is 1. The minimum absolute atomic E-state index is 0.150. The van der Waals surface area contributed by atoms with Crippen LogP contribution in [0.15, 0.2) is 23.4 Å². The van der Waals surface area contributed by atoms with Crippen molar-refractivity contribution in [3.05, 3.63) is 33.2 Å². The van der Waals surface area contributed by atoms with Gasteiger partial charge < -0.3 is 9.67 Å². The van der Waals surface area contributed by atoms with Gasteiger partial charge in [-0.25, -0.2) is 0 Å². The SMILES string of the molecule is Cn1c(O)c(N=O)c2cc([N+](=O)[O-])ccc21. The van der Waals surface area contributed by atoms with Crippen molar-refractivity contribution >= 4 is 22.3 Å². The summed E-state index contributed by atoms with van der Waals surface area (Å²) in [7, 11) is 1.54. The number of nitro groups is 1. The number of nitro benzene ring substituents is 1. The van der Waals surface area contributed by atoms with E-state index in [1.165, 1.54) is 29.8 Å². The van der Waals surface area contributed by atoms with Gasteiger partial charge in [0.1, 0.15) is 0 Å². The number of fused-ring (bicyclic) bond motifs is 1. The van der Waals surface area contributed by atoms with Gasteiger partial charge in [0, 0.05) is 24.6 Å². The van der Waals surface area contributed by atoms with Crippen molar-refractivity contribution in [1.29, 1.82) is 0 Å². The average Bonchev–Trinajstić information content (AvgIpc) is 2.51. The zero-order valence-electron chi connectivity index (χ0n) is 8.25. The van der Waals surface area contributed by atoms with E-state index in [9.17, 15) is 20.1 Å². The molecule has 2 aromatic rings. The van der Waals surface area contributed by atoms with E-state index in [1.807, 2.05) is 0 Å². The number of nitrogens with zero attached hydrogens (tertiary/aromatic N) is 3. The molecule has 1 heterocycles. The summed E-state index contributed by atoms with van der Waals surface area (Å²) in [6, 6.07) is 3.98. The molecule has 0 atom stereocenters. The van der Waals surface area contributed by atoms with Crippen LogP contribution in [0.3, 0.4) is 0 Å². The molecule has 0 aliphatic heterocycles. The van der Waals surface area contributed by atoms with E-state index >= 15 is 0 Å². The topological polar surface area (TPSA) is 97.7 Å². The highest BCUT2D eigenvalue weighted by Gasteiger charge is 2.18. The molecule has 0 aliphatic rings. The van der Waals surface area contributed by atoms with Gasteiger partial charge in [-0.15, -0.1) is 4.91 Å². The van der Waals surface area contributed by atoms with Crippen LogP contribution in [0.25, 0.3) is 10.9 Å². The quantitative estimate of drug-likeness (QED) is 0.477. The molecule has 82 valence electrons. The van der Waals surface area contributed by atoms with Gasteiger partial charge in [0.2, 0.25) is 5.88 Å². The summed E-state index contributed by atoms with van der Waals surface area (Å²) >= 11 is 0. The van der Waals surface area contributed by atoms with E-state index in [0.717, 1.165) is 0 Å². The van der Waals surface area contributed by atoms with Crippen molar-refractivity contribution in [2.45, 2.75) is 0 Å². The van der Waals surface area contributed by atoms with Crippen molar-refractivity contribution in [2.75, 3.05) is 0 Å². The molecule has 0 saturated heterocycles. The Bertz CT molecular complexity index is 602. The third-order valence-electron chi connectivity index (χ3n) is 2.43. The second kappa shape index (κ2) is 3.30. The molecular weight excluding hydrogens is 214 g/mol. The van der Waals surface area contributed by atoms with E-state index < -0.39 is 4.92 Å². The normalized spacial score (nSPS) is 10.6. The third-order valence-corrected chi connectivity index (χ3v) is 2.43. The molecule has 0 radical (unpaired) electrons. The van der Waals surface area contributed by atoms with Crippen LogP contribution in [0.5, 0.6) is 5.88 Å². The molecule has 7 heteroatoms. The van der Waals surface area contributed by atoms with Crippen LogP contribution in [-0.2, 0) is 7.05 Å². The fourth-order valence-electron chi connectivity index (χ4n) is 1.60. The Balaban J connectivity index is 2.86. The molecule has 1 N–H and O–H groups in total. The lowest BCUT2D eigenvalue weighted by atomic mass is 10.2. The summed E-state index contributed by atoms with van der Waals surface area (Å²) in [6.07, 6.45) is 0. The number of non-ortho nitro benzene ring substituents is 1. The Morgan fingerprint density at radius 3 is 2.75 bits per heavy atom. The largest absolute Gasteiger partial charge is 0.493 e. The molecule has 0 aliphatic carbocycles. The molecular formula is C9H7N3O4. The Morgan fingerprint density at radius 1 is 1.50 bits per heavy atom. The summed E-state index contributed by atoms with van der Waals surface area (Å²) in [4.78, 5) is 20.5. The first-order valence-electron chi connectivity index (χ1n) is 4.35. The number of rotatable bonds is 2. The van der Waals surface area contributed by atoms with Crippen LogP contribution in [0.4, 0.5) is 11.4 Å². The molecule has 0 unspecified atom stereocenters. The minimum Gasteiger partial charge on any atom is -0.493 e. The summed E-state index contributed by atoms with van der Waals surface area (Å²) in [5.74, 6) is -0.300. The minimum atomic E-state index is -0.571. The number of nitroso groups, excluding NO2 is 1. The maximum Gasteiger partial charge on any atom is 0.270 e. The van der Waals surface area contributed by atoms with Gasteiger partial charge in [-0.1, -0.05) is 0 Å². The standard InChI is InChI=1S/C9H7N3O4/c1-11-7-3-2-5(12(15)16)4-6(7)8(10-14)9(11)13/h2-4,13H,1H3. The lowest BCUT2D eigenvalue weighted by molar-refractivity contribution is -0.384. The Hall–Kier alpha value is -2.44. The third kappa shape index (κ3) is 1.22. The van der Waals surface area contributed by atoms with E-state index in [0.29, 0.717) is 5.52 Å². The van der Waals surface area contributed by atoms with Crippen molar-refractivity contribution in [3.63, 3.8) is 0 Å². The lowest BCUT2D eigenvalue weighted by Gasteiger charge is -1.95. The number of benzene rings is 1. The summed E-state index contributed by atoms with van der Waals surface area (Å²) < 4.78 is 1.34. The maximum absolute atomic E-state index is 10.6. The average molecular weight is 221 g/mol. The van der Waals surface area contributed by atoms with Gasteiger partial charge >= 0.3 is 0 Å². The Morgan fingerprint density at radius 2 is 2.19 bits per heavy atom. The summed E-state index contributed by atoms with van der Waals surface area (Å²) in [6.45, 7) is 0. The monoisotopic (exact) mass is 221 g/mol. The van der Waals surface area contributed by atoms with Gasteiger partial charge in [-0.05, 0) is 11.2 Å². The van der Waals surface area contributed by atoms with Crippen molar-refractivity contribution in [3.8, 4) is 5.88 Å². The van der Waals surface area contributed by atoms with Crippen LogP contribution in [0.2, 0.25) is 0 Å². The van der Waals surface area contributed by atoms with Crippen molar-refractivity contribution < 1.29 is 10.0 Å². The predicted octanol–water partition coefficient (Wildman–Crippen LogP) is 2.19. The van der Waals surface area contributed by atoms with Gasteiger partial charge in [0.15, 0.2) is 5.69 Å². The Labute approximate surface area is 89.0 Å². The second-order valence-corrected chi connectivity index (χ2v) is 3.28. The summed E-state index contributed by atoms with van der Waals surface area (Å²) in [5, 5.41) is 23.1. The lowest BCUT2D eigenvalue weighted by Crippen LogP contribution is -1.88. The molecule has 1 aromatic heterocycles. The number of hydrogen-bond acceptors (Lipinski definition) is 5. The zero-order valence-corrected chi connectivity index (χ0v) is 8.25. The highest BCUT2D eigenvalue weighted by atomic mass is 16.6. The van der Waals surface area contributed by atoms with Gasteiger partial charge in [-0.3, -0.25) is 10.1 Å². The van der Waals surface area contributed by atoms with Gasteiger partial charge in [-0.2, -0.15) is 0 Å². The Kier molecular flexibility index (Phi) is 2.08. The first-order chi connectivity index (χ1) is 7.56. The van der Waals surface area contributed by atoms with E-state index in [4.69, 9.17) is 0 Å². The van der Waals surface area contributed by atoms with Crippen LogP contribution in [-0.4, -0.2) is 14.6 Å². The van der Waals surface area contributed by atoms with Crippen LogP contribution in [0, 0.1) is 15.0 Å². The molecule has 0 spiro atoms. The van der Waals surface area contributed by atoms with E-state index in [1.54, 1.807) is 0 Å². The first-order valence-corrected chi connectivity index (χ1v) is 4.35. The first kappa shape index (κ1) is 10.1. The van der Waals surface area contributed by atoms with Crippen LogP contribution >= 0.6 is 0 Å². The van der Waals surface area contributed by atoms with Crippen LogP contribution in [0.1, 0.15) is 0 Å². The van der Waals surface area contributed by atoms with Crippen LogP contribution < -0.4 is 0 Å². The number of aromatic nitrogens is 1. The molecule has 16 heavy (non-hydrogen) atoms. The zero-order chi connectivity index (χ0) is 11.9. The molecule has 7 nitrogen and oxygen atoms in total. The van der Waals surface area contributed by atoms with Crippen molar-refractivity contribution in [2.24, 2.45) is 12.2 Å². The predicted molar refractivity (Wildman–Crippen MR) is 56.7 cm³/mol. The molecule has 0 fully saturated rings. The summed E-state index contributed by atoms with van der Waals surface area (Å²) in [5.41, 5.74) is 0.182. The fraction of sp³-hybridized carbons (Fsp3) is 0.111. The molecule has 2 rings (SSSR count). The highest BCUT2D eigenvalue weighted by molar-refractivity contribution is 5.96. The second-order valence-electron chi connectivity index (χ2n) is 3.28.